The third-order valence-corrected chi connectivity index (χ3v) is 5.62. The molecule has 1 N–H and O–H groups in total. The van der Waals surface area contributed by atoms with Crippen LogP contribution in [0.5, 0.6) is 0 Å². The van der Waals surface area contributed by atoms with Crippen LogP contribution in [0.25, 0.3) is 5.69 Å². The second kappa shape index (κ2) is 9.38. The predicted octanol–water partition coefficient (Wildman–Crippen LogP) is 2.99. The number of hydrogen-bond donors (Lipinski definition) is 1. The Morgan fingerprint density at radius 2 is 1.87 bits per heavy atom. The van der Waals surface area contributed by atoms with Gasteiger partial charge in [0.05, 0.1) is 17.9 Å². The zero-order chi connectivity index (χ0) is 20.9. The molecule has 2 aromatic carbocycles. The van der Waals surface area contributed by atoms with Crippen molar-refractivity contribution in [2.45, 2.75) is 13.5 Å². The molecule has 1 amide bonds. The summed E-state index contributed by atoms with van der Waals surface area (Å²) in [6, 6.07) is 13.8. The fraction of sp³-hybridized carbons (Fsp3) is 0.318. The molecule has 1 aliphatic heterocycles. The Hall–Kier alpha value is -2.74. The van der Waals surface area contributed by atoms with Gasteiger partial charge in [-0.15, -0.1) is 0 Å². The molecule has 0 aliphatic carbocycles. The van der Waals surface area contributed by atoms with Gasteiger partial charge in [0.25, 0.3) is 0 Å². The zero-order valence-electron chi connectivity index (χ0n) is 17.0. The first-order valence-corrected chi connectivity index (χ1v) is 10.4. The van der Waals surface area contributed by atoms with E-state index in [2.05, 4.69) is 56.4 Å². The van der Waals surface area contributed by atoms with E-state index < -0.39 is 0 Å². The lowest BCUT2D eigenvalue weighted by molar-refractivity contribution is -0.117. The lowest BCUT2D eigenvalue weighted by atomic mass is 10.1. The van der Waals surface area contributed by atoms with Crippen molar-refractivity contribution in [1.29, 1.82) is 0 Å². The predicted molar refractivity (Wildman–Crippen MR) is 118 cm³/mol. The first-order chi connectivity index (χ1) is 14.6. The maximum absolute atomic E-state index is 12.7. The number of carbonyl (C=O) groups excluding carboxylic acids is 1. The van der Waals surface area contributed by atoms with Crippen molar-refractivity contribution in [1.82, 2.24) is 24.6 Å². The topological polar surface area (TPSA) is 66.3 Å². The molecule has 1 aliphatic rings. The van der Waals surface area contributed by atoms with Crippen LogP contribution in [-0.2, 0) is 11.3 Å². The number of nitrogens with one attached hydrogen (secondary N) is 1. The van der Waals surface area contributed by atoms with Gasteiger partial charge >= 0.3 is 0 Å². The van der Waals surface area contributed by atoms with Gasteiger partial charge in [0.2, 0.25) is 5.91 Å². The third kappa shape index (κ3) is 5.05. The highest BCUT2D eigenvalue weighted by Gasteiger charge is 2.20. The Labute approximate surface area is 181 Å². The van der Waals surface area contributed by atoms with E-state index >= 15 is 0 Å². The normalized spacial score (nSPS) is 15.3. The molecule has 0 spiro atoms. The van der Waals surface area contributed by atoms with Crippen molar-refractivity contribution in [2.75, 3.05) is 38.0 Å². The van der Waals surface area contributed by atoms with E-state index in [1.165, 1.54) is 17.5 Å². The summed E-state index contributed by atoms with van der Waals surface area (Å²) in [5.41, 5.74) is 4.04. The smallest absolute Gasteiger partial charge is 0.238 e. The van der Waals surface area contributed by atoms with Crippen LogP contribution in [0, 0.1) is 6.92 Å². The molecule has 1 saturated heterocycles. The fourth-order valence-electron chi connectivity index (χ4n) is 3.67. The lowest BCUT2D eigenvalue weighted by Crippen LogP contribution is -2.48. The number of hydrogen-bond acceptors (Lipinski definition) is 5. The van der Waals surface area contributed by atoms with E-state index in [4.69, 9.17) is 11.6 Å². The van der Waals surface area contributed by atoms with E-state index in [0.29, 0.717) is 17.3 Å². The molecule has 156 valence electrons. The van der Waals surface area contributed by atoms with Gasteiger partial charge in [-0.1, -0.05) is 35.9 Å². The summed E-state index contributed by atoms with van der Waals surface area (Å²) in [4.78, 5) is 21.3. The van der Waals surface area contributed by atoms with Crippen LogP contribution >= 0.6 is 11.6 Å². The van der Waals surface area contributed by atoms with Gasteiger partial charge < -0.3 is 5.32 Å². The SMILES string of the molecule is Cc1ccccc1CN1CCN(CC(=O)Nc2cc(Cl)ccc2-n2cncn2)CC1. The van der Waals surface area contributed by atoms with Gasteiger partial charge in [-0.2, -0.15) is 5.10 Å². The highest BCUT2D eigenvalue weighted by Crippen LogP contribution is 2.24. The van der Waals surface area contributed by atoms with Gasteiger partial charge in [-0.3, -0.25) is 14.6 Å². The molecule has 0 radical (unpaired) electrons. The molecule has 0 saturated carbocycles. The number of anilines is 1. The van der Waals surface area contributed by atoms with Crippen LogP contribution in [0.3, 0.4) is 0 Å². The van der Waals surface area contributed by atoms with Crippen molar-refractivity contribution in [2.24, 2.45) is 0 Å². The number of amides is 1. The number of aryl methyl sites for hydroxylation is 1. The van der Waals surface area contributed by atoms with E-state index in [0.717, 1.165) is 38.4 Å². The summed E-state index contributed by atoms with van der Waals surface area (Å²) < 4.78 is 1.61. The molecule has 8 heteroatoms. The van der Waals surface area contributed by atoms with Crippen LogP contribution in [0.1, 0.15) is 11.1 Å². The average Bonchev–Trinajstić information content (AvgIpc) is 3.26. The molecule has 3 aromatic rings. The fourth-order valence-corrected chi connectivity index (χ4v) is 3.84. The number of piperazine rings is 1. The maximum atomic E-state index is 12.7. The minimum absolute atomic E-state index is 0.0639. The van der Waals surface area contributed by atoms with Crippen molar-refractivity contribution >= 4 is 23.2 Å². The van der Waals surface area contributed by atoms with Crippen LogP contribution in [0.2, 0.25) is 5.02 Å². The molecular weight excluding hydrogens is 400 g/mol. The van der Waals surface area contributed by atoms with Gasteiger partial charge in [0, 0.05) is 37.7 Å². The Bertz CT molecular complexity index is 999. The van der Waals surface area contributed by atoms with Gasteiger partial charge in [0.15, 0.2) is 0 Å². The first kappa shape index (κ1) is 20.5. The zero-order valence-corrected chi connectivity index (χ0v) is 17.7. The summed E-state index contributed by atoms with van der Waals surface area (Å²) in [5.74, 6) is -0.0639. The van der Waals surface area contributed by atoms with E-state index in [1.807, 2.05) is 6.07 Å². The number of nitrogens with zero attached hydrogens (tertiary/aromatic N) is 5. The van der Waals surface area contributed by atoms with E-state index in [9.17, 15) is 4.79 Å². The first-order valence-electron chi connectivity index (χ1n) is 10.0. The van der Waals surface area contributed by atoms with Crippen molar-refractivity contribution in [3.05, 3.63) is 71.3 Å². The van der Waals surface area contributed by atoms with Crippen LogP contribution < -0.4 is 5.32 Å². The third-order valence-electron chi connectivity index (χ3n) is 5.39. The summed E-state index contributed by atoms with van der Waals surface area (Å²) in [5, 5.41) is 7.68. The standard InChI is InChI=1S/C22H25ClN6O/c1-17-4-2-3-5-18(17)13-27-8-10-28(11-9-27)14-22(30)26-20-12-19(23)6-7-21(20)29-16-24-15-25-29/h2-7,12,15-16H,8-11,13-14H2,1H3,(H,26,30). The average molecular weight is 425 g/mol. The molecule has 30 heavy (non-hydrogen) atoms. The second-order valence-electron chi connectivity index (χ2n) is 7.53. The molecule has 0 bridgehead atoms. The van der Waals surface area contributed by atoms with Crippen LogP contribution in [-0.4, -0.2) is 63.2 Å². The molecular formula is C22H25ClN6O. The number of rotatable bonds is 6. The van der Waals surface area contributed by atoms with Crippen molar-refractivity contribution in [3.8, 4) is 5.69 Å². The number of carbonyl (C=O) groups is 1. The number of halogens is 1. The monoisotopic (exact) mass is 424 g/mol. The second-order valence-corrected chi connectivity index (χ2v) is 7.96. The van der Waals surface area contributed by atoms with Crippen molar-refractivity contribution < 1.29 is 4.79 Å². The minimum atomic E-state index is -0.0639. The molecule has 7 nitrogen and oxygen atoms in total. The quantitative estimate of drug-likeness (QED) is 0.659. The van der Waals surface area contributed by atoms with E-state index in [1.54, 1.807) is 23.1 Å². The van der Waals surface area contributed by atoms with Crippen molar-refractivity contribution in [3.63, 3.8) is 0 Å². The largest absolute Gasteiger partial charge is 0.323 e. The summed E-state index contributed by atoms with van der Waals surface area (Å²) in [7, 11) is 0. The minimum Gasteiger partial charge on any atom is -0.323 e. The van der Waals surface area contributed by atoms with Gasteiger partial charge in [0.1, 0.15) is 12.7 Å². The Kier molecular flexibility index (Phi) is 6.42. The highest BCUT2D eigenvalue weighted by atomic mass is 35.5. The Morgan fingerprint density at radius 1 is 1.10 bits per heavy atom. The molecule has 4 rings (SSSR count). The maximum Gasteiger partial charge on any atom is 0.238 e. The molecule has 0 unspecified atom stereocenters. The Balaban J connectivity index is 1.32. The number of benzene rings is 2. The summed E-state index contributed by atoms with van der Waals surface area (Å²) >= 11 is 6.13. The summed E-state index contributed by atoms with van der Waals surface area (Å²) in [6.45, 7) is 7.08. The molecule has 1 fully saturated rings. The van der Waals surface area contributed by atoms with Gasteiger partial charge in [-0.05, 0) is 36.2 Å². The van der Waals surface area contributed by atoms with E-state index in [-0.39, 0.29) is 5.91 Å². The summed E-state index contributed by atoms with van der Waals surface area (Å²) in [6.07, 6.45) is 3.04. The van der Waals surface area contributed by atoms with Crippen LogP contribution in [0.15, 0.2) is 55.1 Å². The number of aromatic nitrogens is 3. The molecule has 2 heterocycles. The highest BCUT2D eigenvalue weighted by molar-refractivity contribution is 6.31. The molecule has 1 aromatic heterocycles. The Morgan fingerprint density at radius 3 is 2.60 bits per heavy atom. The molecule has 0 atom stereocenters. The van der Waals surface area contributed by atoms with Crippen LogP contribution in [0.4, 0.5) is 5.69 Å². The lowest BCUT2D eigenvalue weighted by Gasteiger charge is -2.34. The van der Waals surface area contributed by atoms with Gasteiger partial charge in [-0.25, -0.2) is 9.67 Å².